The molecule has 106 valence electrons. The van der Waals surface area contributed by atoms with Crippen molar-refractivity contribution in [1.29, 1.82) is 0 Å². The molecule has 0 aromatic heterocycles. The van der Waals surface area contributed by atoms with Crippen LogP contribution in [-0.4, -0.2) is 5.76 Å². The van der Waals surface area contributed by atoms with Crippen LogP contribution in [0, 0.1) is 5.82 Å². The zero-order valence-electron chi connectivity index (χ0n) is 10.8. The first-order valence-corrected chi connectivity index (χ1v) is 6.99. The number of alkyl halides is 2. The van der Waals surface area contributed by atoms with Gasteiger partial charge in [0.15, 0.2) is 0 Å². The SMILES string of the molecule is CC(Nc1ccc(SC(F)F)cc1)c1ccc(F)cc1. The minimum absolute atomic E-state index is 0.00389. The van der Waals surface area contributed by atoms with Crippen molar-refractivity contribution in [3.05, 3.63) is 59.9 Å². The number of anilines is 1. The van der Waals surface area contributed by atoms with Crippen molar-refractivity contribution < 1.29 is 13.2 Å². The molecule has 0 fully saturated rings. The van der Waals surface area contributed by atoms with Crippen LogP contribution in [0.2, 0.25) is 0 Å². The molecule has 1 nitrogen and oxygen atoms in total. The first kappa shape index (κ1) is 14.8. The predicted octanol–water partition coefficient (Wildman–Crippen LogP) is 5.31. The third-order valence-corrected chi connectivity index (χ3v) is 3.56. The number of benzene rings is 2. The third kappa shape index (κ3) is 4.20. The molecule has 0 amide bonds. The van der Waals surface area contributed by atoms with E-state index in [1.807, 2.05) is 6.92 Å². The van der Waals surface area contributed by atoms with Crippen molar-refractivity contribution in [1.82, 2.24) is 0 Å². The molecule has 0 heterocycles. The summed E-state index contributed by atoms with van der Waals surface area (Å²) in [6.07, 6.45) is 0. The molecular weight excluding hydrogens is 283 g/mol. The number of rotatable bonds is 5. The van der Waals surface area contributed by atoms with Crippen LogP contribution in [0.1, 0.15) is 18.5 Å². The maximum absolute atomic E-state index is 12.8. The highest BCUT2D eigenvalue weighted by atomic mass is 32.2. The molecule has 1 N–H and O–H groups in total. The second-order valence-electron chi connectivity index (χ2n) is 4.32. The number of halogens is 3. The van der Waals surface area contributed by atoms with E-state index < -0.39 is 5.76 Å². The quantitative estimate of drug-likeness (QED) is 0.750. The van der Waals surface area contributed by atoms with Gasteiger partial charge in [-0.05, 0) is 48.9 Å². The average molecular weight is 297 g/mol. The molecule has 2 rings (SSSR count). The van der Waals surface area contributed by atoms with Crippen LogP contribution in [0.3, 0.4) is 0 Å². The molecule has 5 heteroatoms. The van der Waals surface area contributed by atoms with Crippen molar-refractivity contribution in [3.8, 4) is 0 Å². The molecule has 0 bridgehead atoms. The highest BCUT2D eigenvalue weighted by Gasteiger charge is 2.07. The fourth-order valence-electron chi connectivity index (χ4n) is 1.82. The smallest absolute Gasteiger partial charge is 0.288 e. The summed E-state index contributed by atoms with van der Waals surface area (Å²) < 4.78 is 37.2. The Morgan fingerprint density at radius 1 is 0.950 bits per heavy atom. The average Bonchev–Trinajstić information content (AvgIpc) is 2.41. The van der Waals surface area contributed by atoms with Crippen LogP contribution in [0.25, 0.3) is 0 Å². The summed E-state index contributed by atoms with van der Waals surface area (Å²) in [7, 11) is 0. The minimum Gasteiger partial charge on any atom is -0.379 e. The Labute approximate surface area is 120 Å². The standard InChI is InChI=1S/C15H14F3NS/c1-10(11-2-4-12(16)5-3-11)19-13-6-8-14(9-7-13)20-15(17)18/h2-10,15,19H,1H3. The van der Waals surface area contributed by atoms with Gasteiger partial charge in [0.1, 0.15) is 5.82 Å². The van der Waals surface area contributed by atoms with Gasteiger partial charge in [-0.1, -0.05) is 23.9 Å². The zero-order chi connectivity index (χ0) is 14.5. The van der Waals surface area contributed by atoms with Gasteiger partial charge in [0.2, 0.25) is 0 Å². The summed E-state index contributed by atoms with van der Waals surface area (Å²) in [5.41, 5.74) is 1.79. The molecule has 0 saturated heterocycles. The van der Waals surface area contributed by atoms with Crippen LogP contribution < -0.4 is 5.32 Å². The summed E-state index contributed by atoms with van der Waals surface area (Å²) in [5, 5.41) is 3.24. The van der Waals surface area contributed by atoms with Crippen molar-refractivity contribution in [2.24, 2.45) is 0 Å². The molecule has 2 aromatic carbocycles. The maximum atomic E-state index is 12.8. The molecule has 2 aromatic rings. The normalized spacial score (nSPS) is 12.4. The van der Waals surface area contributed by atoms with E-state index in [4.69, 9.17) is 0 Å². The highest BCUT2D eigenvalue weighted by Crippen LogP contribution is 2.27. The summed E-state index contributed by atoms with van der Waals surface area (Å²) in [6, 6.07) is 13.1. The fraction of sp³-hybridized carbons (Fsp3) is 0.200. The van der Waals surface area contributed by atoms with Crippen LogP contribution in [0.4, 0.5) is 18.9 Å². The van der Waals surface area contributed by atoms with Gasteiger partial charge in [0.25, 0.3) is 5.76 Å². The Bertz CT molecular complexity index is 540. The van der Waals surface area contributed by atoms with E-state index in [-0.39, 0.29) is 11.9 Å². The van der Waals surface area contributed by atoms with Gasteiger partial charge in [-0.15, -0.1) is 0 Å². The molecule has 0 aliphatic rings. The van der Waals surface area contributed by atoms with Crippen molar-refractivity contribution in [3.63, 3.8) is 0 Å². The lowest BCUT2D eigenvalue weighted by atomic mass is 10.1. The highest BCUT2D eigenvalue weighted by molar-refractivity contribution is 7.99. The van der Waals surface area contributed by atoms with Gasteiger partial charge in [0.05, 0.1) is 0 Å². The topological polar surface area (TPSA) is 12.0 Å². The molecular formula is C15H14F3NS. The summed E-state index contributed by atoms with van der Waals surface area (Å²) in [4.78, 5) is 0.528. The molecule has 20 heavy (non-hydrogen) atoms. The van der Waals surface area contributed by atoms with E-state index in [0.29, 0.717) is 16.7 Å². The Kier molecular flexibility index (Phi) is 4.95. The van der Waals surface area contributed by atoms with Gasteiger partial charge in [0, 0.05) is 16.6 Å². The van der Waals surface area contributed by atoms with Gasteiger partial charge in [-0.2, -0.15) is 8.78 Å². The number of thioether (sulfide) groups is 1. The molecule has 0 aliphatic heterocycles. The lowest BCUT2D eigenvalue weighted by molar-refractivity contribution is 0.252. The lowest BCUT2D eigenvalue weighted by Crippen LogP contribution is -2.06. The minimum atomic E-state index is -2.41. The molecule has 0 saturated carbocycles. The van der Waals surface area contributed by atoms with E-state index in [9.17, 15) is 13.2 Å². The van der Waals surface area contributed by atoms with E-state index in [0.717, 1.165) is 11.3 Å². The molecule has 0 spiro atoms. The fourth-order valence-corrected chi connectivity index (χ4v) is 2.32. The Hall–Kier alpha value is -1.62. The second-order valence-corrected chi connectivity index (χ2v) is 5.38. The summed E-state index contributed by atoms with van der Waals surface area (Å²) in [5.74, 6) is -2.68. The maximum Gasteiger partial charge on any atom is 0.288 e. The van der Waals surface area contributed by atoms with Gasteiger partial charge in [-0.25, -0.2) is 4.39 Å². The van der Waals surface area contributed by atoms with Gasteiger partial charge < -0.3 is 5.32 Å². The van der Waals surface area contributed by atoms with E-state index in [1.54, 1.807) is 36.4 Å². The Balaban J connectivity index is 2.00. The van der Waals surface area contributed by atoms with Gasteiger partial charge in [-0.3, -0.25) is 0 Å². The van der Waals surface area contributed by atoms with E-state index in [2.05, 4.69) is 5.32 Å². The first-order chi connectivity index (χ1) is 9.54. The van der Waals surface area contributed by atoms with E-state index in [1.165, 1.54) is 12.1 Å². The van der Waals surface area contributed by atoms with Gasteiger partial charge >= 0.3 is 0 Å². The first-order valence-electron chi connectivity index (χ1n) is 6.11. The molecule has 0 radical (unpaired) electrons. The van der Waals surface area contributed by atoms with Crippen LogP contribution in [0.15, 0.2) is 53.4 Å². The summed E-state index contributed by atoms with van der Waals surface area (Å²) >= 11 is 0.521. The molecule has 0 aliphatic carbocycles. The zero-order valence-corrected chi connectivity index (χ0v) is 11.6. The van der Waals surface area contributed by atoms with Crippen molar-refractivity contribution in [2.45, 2.75) is 23.6 Å². The monoisotopic (exact) mass is 297 g/mol. The summed E-state index contributed by atoms with van der Waals surface area (Å²) in [6.45, 7) is 1.95. The van der Waals surface area contributed by atoms with Crippen LogP contribution in [0.5, 0.6) is 0 Å². The second kappa shape index (κ2) is 6.70. The Morgan fingerprint density at radius 3 is 2.10 bits per heavy atom. The predicted molar refractivity (Wildman–Crippen MR) is 76.7 cm³/mol. The Morgan fingerprint density at radius 2 is 1.55 bits per heavy atom. The molecule has 1 unspecified atom stereocenters. The van der Waals surface area contributed by atoms with Crippen LogP contribution >= 0.6 is 11.8 Å². The molecule has 1 atom stereocenters. The number of nitrogens with one attached hydrogen (secondary N) is 1. The van der Waals surface area contributed by atoms with Crippen molar-refractivity contribution >= 4 is 17.4 Å². The van der Waals surface area contributed by atoms with Crippen LogP contribution in [-0.2, 0) is 0 Å². The number of hydrogen-bond donors (Lipinski definition) is 1. The third-order valence-electron chi connectivity index (χ3n) is 2.83. The largest absolute Gasteiger partial charge is 0.379 e. The van der Waals surface area contributed by atoms with E-state index >= 15 is 0 Å². The number of hydrogen-bond acceptors (Lipinski definition) is 2. The lowest BCUT2D eigenvalue weighted by Gasteiger charge is -2.16. The van der Waals surface area contributed by atoms with Crippen molar-refractivity contribution in [2.75, 3.05) is 5.32 Å².